The highest BCUT2D eigenvalue weighted by Gasteiger charge is 2.21. The van der Waals surface area contributed by atoms with E-state index in [2.05, 4.69) is 34.5 Å². The number of piperidine rings is 1. The van der Waals surface area contributed by atoms with Gasteiger partial charge in [0.15, 0.2) is 0 Å². The second kappa shape index (κ2) is 7.97. The highest BCUT2D eigenvalue weighted by molar-refractivity contribution is 5.94. The molecular formula is C20H24N2O2. The van der Waals surface area contributed by atoms with Crippen molar-refractivity contribution in [3.05, 3.63) is 65.7 Å². The number of benzene rings is 2. The minimum Gasteiger partial charge on any atom is -0.497 e. The molecule has 2 aromatic rings. The van der Waals surface area contributed by atoms with Crippen LogP contribution in [0.3, 0.4) is 0 Å². The molecule has 1 saturated heterocycles. The summed E-state index contributed by atoms with van der Waals surface area (Å²) in [6, 6.07) is 18.1. The first kappa shape index (κ1) is 16.5. The van der Waals surface area contributed by atoms with E-state index >= 15 is 0 Å². The van der Waals surface area contributed by atoms with E-state index in [1.54, 1.807) is 13.2 Å². The Hall–Kier alpha value is -2.33. The smallest absolute Gasteiger partial charge is 0.251 e. The molecule has 1 amide bonds. The number of carbonyl (C=O) groups excluding carboxylic acids is 1. The molecule has 1 fully saturated rings. The summed E-state index contributed by atoms with van der Waals surface area (Å²) < 4.78 is 5.18. The number of carbonyl (C=O) groups is 1. The lowest BCUT2D eigenvalue weighted by Gasteiger charge is -2.32. The third-order valence-electron chi connectivity index (χ3n) is 4.50. The van der Waals surface area contributed by atoms with Crippen molar-refractivity contribution in [1.82, 2.24) is 10.2 Å². The average molecular weight is 324 g/mol. The van der Waals surface area contributed by atoms with Crippen LogP contribution in [0.25, 0.3) is 0 Å². The summed E-state index contributed by atoms with van der Waals surface area (Å²) in [7, 11) is 1.61. The summed E-state index contributed by atoms with van der Waals surface area (Å²) in [5.41, 5.74) is 2.00. The lowest BCUT2D eigenvalue weighted by Crippen LogP contribution is -2.44. The number of amides is 1. The van der Waals surface area contributed by atoms with Gasteiger partial charge in [-0.3, -0.25) is 9.69 Å². The fourth-order valence-electron chi connectivity index (χ4n) is 3.11. The lowest BCUT2D eigenvalue weighted by molar-refractivity contribution is 0.0908. The Bertz CT molecular complexity index is 664. The Labute approximate surface area is 143 Å². The van der Waals surface area contributed by atoms with Crippen LogP contribution in [0.5, 0.6) is 5.75 Å². The Morgan fingerprint density at radius 1 is 1.12 bits per heavy atom. The molecule has 0 unspecified atom stereocenters. The molecule has 1 N–H and O–H groups in total. The number of rotatable bonds is 5. The molecule has 1 aliphatic rings. The number of nitrogens with zero attached hydrogens (tertiary/aromatic N) is 1. The largest absolute Gasteiger partial charge is 0.497 e. The second-order valence-electron chi connectivity index (χ2n) is 6.24. The molecule has 3 rings (SSSR count). The first-order valence-electron chi connectivity index (χ1n) is 8.46. The maximum absolute atomic E-state index is 12.4. The molecule has 126 valence electrons. The van der Waals surface area contributed by atoms with Crippen molar-refractivity contribution < 1.29 is 9.53 Å². The molecule has 0 radical (unpaired) electrons. The molecule has 0 saturated carbocycles. The van der Waals surface area contributed by atoms with Gasteiger partial charge in [-0.25, -0.2) is 0 Å². The minimum absolute atomic E-state index is 0.0181. The van der Waals surface area contributed by atoms with Crippen molar-refractivity contribution in [2.45, 2.75) is 25.4 Å². The van der Waals surface area contributed by atoms with Crippen molar-refractivity contribution >= 4 is 5.91 Å². The van der Waals surface area contributed by atoms with E-state index in [4.69, 9.17) is 4.74 Å². The van der Waals surface area contributed by atoms with E-state index in [0.29, 0.717) is 11.3 Å². The van der Waals surface area contributed by atoms with E-state index in [-0.39, 0.29) is 11.9 Å². The molecular weight excluding hydrogens is 300 g/mol. The third kappa shape index (κ3) is 4.36. The Kier molecular flexibility index (Phi) is 5.49. The topological polar surface area (TPSA) is 41.6 Å². The standard InChI is InChI=1S/C20H24N2O2/c1-24-19-9-5-8-17(14-19)20(23)21-18-10-12-22(13-11-18)15-16-6-3-2-4-7-16/h2-9,14,18H,10-13,15H2,1H3,(H,21,23). The molecule has 0 aromatic heterocycles. The van der Waals surface area contributed by atoms with Gasteiger partial charge in [-0.1, -0.05) is 36.4 Å². The summed E-state index contributed by atoms with van der Waals surface area (Å²) >= 11 is 0. The van der Waals surface area contributed by atoms with E-state index in [1.807, 2.05) is 24.3 Å². The molecule has 1 heterocycles. The number of nitrogens with one attached hydrogen (secondary N) is 1. The van der Waals surface area contributed by atoms with E-state index in [9.17, 15) is 4.79 Å². The van der Waals surface area contributed by atoms with Crippen LogP contribution >= 0.6 is 0 Å². The van der Waals surface area contributed by atoms with Crippen LogP contribution in [0.4, 0.5) is 0 Å². The fourth-order valence-corrected chi connectivity index (χ4v) is 3.11. The second-order valence-corrected chi connectivity index (χ2v) is 6.24. The Morgan fingerprint density at radius 2 is 1.88 bits per heavy atom. The van der Waals surface area contributed by atoms with Crippen molar-refractivity contribution in [3.63, 3.8) is 0 Å². The Morgan fingerprint density at radius 3 is 2.58 bits per heavy atom. The van der Waals surface area contributed by atoms with Crippen LogP contribution in [-0.4, -0.2) is 37.0 Å². The molecule has 24 heavy (non-hydrogen) atoms. The molecule has 4 heteroatoms. The zero-order chi connectivity index (χ0) is 16.8. The van der Waals surface area contributed by atoms with Crippen LogP contribution in [-0.2, 0) is 6.54 Å². The maximum Gasteiger partial charge on any atom is 0.251 e. The molecule has 4 nitrogen and oxygen atoms in total. The van der Waals surface area contributed by atoms with Crippen molar-refractivity contribution in [2.24, 2.45) is 0 Å². The average Bonchev–Trinajstić information content (AvgIpc) is 2.64. The van der Waals surface area contributed by atoms with Crippen molar-refractivity contribution in [2.75, 3.05) is 20.2 Å². The molecule has 2 aromatic carbocycles. The summed E-state index contributed by atoms with van der Waals surface area (Å²) in [6.45, 7) is 3.01. The van der Waals surface area contributed by atoms with Gasteiger partial charge < -0.3 is 10.1 Å². The summed E-state index contributed by atoms with van der Waals surface area (Å²) in [6.07, 6.45) is 1.98. The number of likely N-dealkylation sites (tertiary alicyclic amines) is 1. The molecule has 0 bridgehead atoms. The minimum atomic E-state index is -0.0181. The van der Waals surface area contributed by atoms with Crippen molar-refractivity contribution in [1.29, 1.82) is 0 Å². The van der Waals surface area contributed by atoms with Gasteiger partial charge in [0.05, 0.1) is 7.11 Å². The van der Waals surface area contributed by atoms with Gasteiger partial charge in [-0.2, -0.15) is 0 Å². The van der Waals surface area contributed by atoms with Gasteiger partial charge >= 0.3 is 0 Å². The van der Waals surface area contributed by atoms with Crippen LogP contribution < -0.4 is 10.1 Å². The third-order valence-corrected chi connectivity index (χ3v) is 4.50. The van der Waals surface area contributed by atoms with Gasteiger partial charge in [-0.15, -0.1) is 0 Å². The predicted molar refractivity (Wildman–Crippen MR) is 95.2 cm³/mol. The van der Waals surface area contributed by atoms with Gasteiger partial charge in [0.1, 0.15) is 5.75 Å². The van der Waals surface area contributed by atoms with E-state index in [1.165, 1.54) is 5.56 Å². The Balaban J connectivity index is 1.49. The lowest BCUT2D eigenvalue weighted by atomic mass is 10.0. The van der Waals surface area contributed by atoms with Gasteiger partial charge in [0.25, 0.3) is 5.91 Å². The van der Waals surface area contributed by atoms with Crippen LogP contribution in [0, 0.1) is 0 Å². The van der Waals surface area contributed by atoms with E-state index in [0.717, 1.165) is 32.5 Å². The zero-order valence-corrected chi connectivity index (χ0v) is 14.1. The van der Waals surface area contributed by atoms with E-state index < -0.39 is 0 Å². The molecule has 0 atom stereocenters. The molecule has 0 spiro atoms. The molecule has 1 aliphatic heterocycles. The number of hydrogen-bond acceptors (Lipinski definition) is 3. The first-order chi connectivity index (χ1) is 11.7. The van der Waals surface area contributed by atoms with Gasteiger partial charge in [-0.05, 0) is 36.6 Å². The summed E-state index contributed by atoms with van der Waals surface area (Å²) in [5, 5.41) is 3.15. The highest BCUT2D eigenvalue weighted by Crippen LogP contribution is 2.16. The highest BCUT2D eigenvalue weighted by atomic mass is 16.5. The quantitative estimate of drug-likeness (QED) is 0.919. The van der Waals surface area contributed by atoms with Crippen LogP contribution in [0.1, 0.15) is 28.8 Å². The summed E-state index contributed by atoms with van der Waals surface area (Å²) in [4.78, 5) is 14.8. The van der Waals surface area contributed by atoms with Crippen molar-refractivity contribution in [3.8, 4) is 5.75 Å². The van der Waals surface area contributed by atoms with Crippen LogP contribution in [0.15, 0.2) is 54.6 Å². The number of hydrogen-bond donors (Lipinski definition) is 1. The predicted octanol–water partition coefficient (Wildman–Crippen LogP) is 3.09. The SMILES string of the molecule is COc1cccc(C(=O)NC2CCN(Cc3ccccc3)CC2)c1. The monoisotopic (exact) mass is 324 g/mol. The maximum atomic E-state index is 12.4. The fraction of sp³-hybridized carbons (Fsp3) is 0.350. The van der Waals surface area contributed by atoms with Gasteiger partial charge in [0.2, 0.25) is 0 Å². The zero-order valence-electron chi connectivity index (χ0n) is 14.1. The normalized spacial score (nSPS) is 15.9. The number of ether oxygens (including phenoxy) is 1. The van der Waals surface area contributed by atoms with Gasteiger partial charge in [0, 0.05) is 31.2 Å². The number of methoxy groups -OCH3 is 1. The van der Waals surface area contributed by atoms with Crippen LogP contribution in [0.2, 0.25) is 0 Å². The first-order valence-corrected chi connectivity index (χ1v) is 8.46. The summed E-state index contributed by atoms with van der Waals surface area (Å²) in [5.74, 6) is 0.690. The molecule has 0 aliphatic carbocycles.